The van der Waals surface area contributed by atoms with Gasteiger partial charge in [0.25, 0.3) is 0 Å². The third kappa shape index (κ3) is 4.31. The first kappa shape index (κ1) is 17.9. The second-order valence-electron chi connectivity index (χ2n) is 5.25. The Balaban J connectivity index is 1.98. The van der Waals surface area contributed by atoms with E-state index in [-0.39, 0.29) is 12.1 Å². The average Bonchev–Trinajstić information content (AvgIpc) is 2.99. The van der Waals surface area contributed by atoms with Crippen molar-refractivity contribution >= 4 is 5.96 Å². The molecule has 7 heteroatoms. The smallest absolute Gasteiger partial charge is 0.191 e. The lowest BCUT2D eigenvalue weighted by atomic mass is 10.1. The molecule has 0 fully saturated rings. The summed E-state index contributed by atoms with van der Waals surface area (Å²) < 4.78 is 32.2. The van der Waals surface area contributed by atoms with E-state index in [1.54, 1.807) is 7.05 Å². The van der Waals surface area contributed by atoms with E-state index >= 15 is 0 Å². The van der Waals surface area contributed by atoms with Gasteiger partial charge in [0, 0.05) is 37.7 Å². The Morgan fingerprint density at radius 3 is 2.58 bits per heavy atom. The number of aryl methyl sites for hydroxylation is 2. The highest BCUT2D eigenvalue weighted by atomic mass is 19.1. The molecule has 0 spiro atoms. The topological polar surface area (TPSA) is 62.5 Å². The van der Waals surface area contributed by atoms with Crippen LogP contribution < -0.4 is 10.6 Å². The highest BCUT2D eigenvalue weighted by Gasteiger charge is 2.13. The van der Waals surface area contributed by atoms with Gasteiger partial charge in [-0.2, -0.15) is 0 Å². The Morgan fingerprint density at radius 1 is 1.17 bits per heavy atom. The summed E-state index contributed by atoms with van der Waals surface area (Å²) in [6.07, 6.45) is 1.53. The van der Waals surface area contributed by atoms with Crippen molar-refractivity contribution in [3.05, 3.63) is 52.4 Å². The number of halogens is 2. The maximum Gasteiger partial charge on any atom is 0.191 e. The number of hydrogen-bond donors (Lipinski definition) is 2. The van der Waals surface area contributed by atoms with E-state index < -0.39 is 11.6 Å². The van der Waals surface area contributed by atoms with E-state index in [0.29, 0.717) is 12.5 Å². The molecule has 2 rings (SSSR count). The lowest BCUT2D eigenvalue weighted by Crippen LogP contribution is -2.36. The monoisotopic (exact) mass is 336 g/mol. The standard InChI is InChI=1S/C17H22F2N4O/c1-4-15-13(16(5-2)24-23-15)10-22-17(20-3)21-9-11-8-12(18)6-7-14(11)19/h6-8H,4-5,9-10H2,1-3H3,(H2,20,21,22). The van der Waals surface area contributed by atoms with Crippen molar-refractivity contribution in [3.63, 3.8) is 0 Å². The van der Waals surface area contributed by atoms with Crippen LogP contribution in [0.15, 0.2) is 27.7 Å². The largest absolute Gasteiger partial charge is 0.361 e. The van der Waals surface area contributed by atoms with Crippen LogP contribution in [0.3, 0.4) is 0 Å². The number of hydrogen-bond acceptors (Lipinski definition) is 3. The molecule has 0 amide bonds. The third-order valence-electron chi connectivity index (χ3n) is 3.72. The van der Waals surface area contributed by atoms with E-state index in [4.69, 9.17) is 4.52 Å². The van der Waals surface area contributed by atoms with Crippen LogP contribution in [-0.2, 0) is 25.9 Å². The van der Waals surface area contributed by atoms with E-state index in [1.807, 2.05) is 13.8 Å². The minimum absolute atomic E-state index is 0.133. The minimum atomic E-state index is -0.471. The maximum absolute atomic E-state index is 13.6. The van der Waals surface area contributed by atoms with Gasteiger partial charge in [0.1, 0.15) is 17.4 Å². The average molecular weight is 336 g/mol. The zero-order valence-electron chi connectivity index (χ0n) is 14.1. The molecule has 2 N–H and O–H groups in total. The molecule has 2 aromatic rings. The van der Waals surface area contributed by atoms with Crippen LogP contribution in [0.5, 0.6) is 0 Å². The predicted octanol–water partition coefficient (Wildman–Crippen LogP) is 2.94. The first-order valence-corrected chi connectivity index (χ1v) is 7.93. The molecule has 0 unspecified atom stereocenters. The normalized spacial score (nSPS) is 11.6. The molecule has 0 radical (unpaired) electrons. The predicted molar refractivity (Wildman–Crippen MR) is 88.7 cm³/mol. The van der Waals surface area contributed by atoms with Crippen molar-refractivity contribution < 1.29 is 13.3 Å². The molecule has 24 heavy (non-hydrogen) atoms. The number of benzene rings is 1. The molecule has 5 nitrogen and oxygen atoms in total. The van der Waals surface area contributed by atoms with Gasteiger partial charge in [-0.3, -0.25) is 4.99 Å². The summed E-state index contributed by atoms with van der Waals surface area (Å²) in [6, 6.07) is 3.37. The maximum atomic E-state index is 13.6. The zero-order chi connectivity index (χ0) is 17.5. The zero-order valence-corrected chi connectivity index (χ0v) is 14.1. The molecule has 130 valence electrons. The van der Waals surface area contributed by atoms with Gasteiger partial charge in [0.2, 0.25) is 0 Å². The number of aliphatic imine (C=N–C) groups is 1. The van der Waals surface area contributed by atoms with Crippen LogP contribution in [0.2, 0.25) is 0 Å². The third-order valence-corrected chi connectivity index (χ3v) is 3.72. The quantitative estimate of drug-likeness (QED) is 0.629. The molecular weight excluding hydrogens is 314 g/mol. The van der Waals surface area contributed by atoms with Crippen molar-refractivity contribution in [2.75, 3.05) is 7.05 Å². The van der Waals surface area contributed by atoms with Crippen molar-refractivity contribution in [2.24, 2.45) is 4.99 Å². The Hall–Kier alpha value is -2.44. The van der Waals surface area contributed by atoms with Gasteiger partial charge in [-0.05, 0) is 24.6 Å². The Labute approximate surface area is 140 Å². The molecule has 1 aromatic carbocycles. The fourth-order valence-corrected chi connectivity index (χ4v) is 2.39. The molecule has 1 aromatic heterocycles. The van der Waals surface area contributed by atoms with Crippen molar-refractivity contribution in [3.8, 4) is 0 Å². The van der Waals surface area contributed by atoms with Gasteiger partial charge in [-0.15, -0.1) is 0 Å². The summed E-state index contributed by atoms with van der Waals surface area (Å²) in [5.41, 5.74) is 2.16. The van der Waals surface area contributed by atoms with Gasteiger partial charge in [0.05, 0.1) is 5.69 Å². The fraction of sp³-hybridized carbons (Fsp3) is 0.412. The van der Waals surface area contributed by atoms with E-state index in [1.165, 1.54) is 6.07 Å². The lowest BCUT2D eigenvalue weighted by molar-refractivity contribution is 0.380. The van der Waals surface area contributed by atoms with Gasteiger partial charge in [0.15, 0.2) is 5.96 Å². The molecule has 0 saturated carbocycles. The number of nitrogens with zero attached hydrogens (tertiary/aromatic N) is 2. The summed E-state index contributed by atoms with van der Waals surface area (Å²) >= 11 is 0. The first-order valence-electron chi connectivity index (χ1n) is 7.93. The SMILES string of the molecule is CCc1noc(CC)c1CNC(=NC)NCc1cc(F)ccc1F. The van der Waals surface area contributed by atoms with Crippen LogP contribution in [-0.4, -0.2) is 18.2 Å². The summed E-state index contributed by atoms with van der Waals surface area (Å²) in [7, 11) is 1.62. The van der Waals surface area contributed by atoms with E-state index in [9.17, 15) is 8.78 Å². The molecule has 0 aliphatic heterocycles. The number of guanidine groups is 1. The molecule has 0 bridgehead atoms. The van der Waals surface area contributed by atoms with Crippen molar-refractivity contribution in [2.45, 2.75) is 39.8 Å². The van der Waals surface area contributed by atoms with Crippen molar-refractivity contribution in [1.82, 2.24) is 15.8 Å². The second kappa shape index (κ2) is 8.42. The number of nitrogens with one attached hydrogen (secondary N) is 2. The molecule has 0 aliphatic rings. The first-order chi connectivity index (χ1) is 11.6. The van der Waals surface area contributed by atoms with Gasteiger partial charge in [-0.1, -0.05) is 19.0 Å². The molecule has 0 aliphatic carbocycles. The molecule has 1 heterocycles. The summed E-state index contributed by atoms with van der Waals surface area (Å²) in [5.74, 6) is 0.399. The molecule has 0 atom stereocenters. The number of aromatic nitrogens is 1. The van der Waals surface area contributed by atoms with Gasteiger partial charge < -0.3 is 15.2 Å². The molecular formula is C17H22F2N4O. The van der Waals surface area contributed by atoms with Crippen LogP contribution in [0.25, 0.3) is 0 Å². The minimum Gasteiger partial charge on any atom is -0.361 e. The summed E-state index contributed by atoms with van der Waals surface area (Å²) in [6.45, 7) is 4.65. The Kier molecular flexibility index (Phi) is 6.28. The van der Waals surface area contributed by atoms with Gasteiger partial charge in [-0.25, -0.2) is 8.78 Å². The van der Waals surface area contributed by atoms with E-state index in [0.717, 1.165) is 42.0 Å². The highest BCUT2D eigenvalue weighted by Crippen LogP contribution is 2.15. The Bertz CT molecular complexity index is 691. The Morgan fingerprint density at radius 2 is 1.92 bits per heavy atom. The van der Waals surface area contributed by atoms with E-state index in [2.05, 4.69) is 20.8 Å². The van der Waals surface area contributed by atoms with Gasteiger partial charge >= 0.3 is 0 Å². The van der Waals surface area contributed by atoms with Crippen LogP contribution in [0.1, 0.15) is 36.4 Å². The summed E-state index contributed by atoms with van der Waals surface area (Å²) in [5, 5.41) is 10.2. The lowest BCUT2D eigenvalue weighted by Gasteiger charge is -2.12. The molecule has 0 saturated heterocycles. The van der Waals surface area contributed by atoms with Crippen LogP contribution >= 0.6 is 0 Å². The summed E-state index contributed by atoms with van der Waals surface area (Å²) in [4.78, 5) is 4.09. The van der Waals surface area contributed by atoms with Crippen LogP contribution in [0, 0.1) is 11.6 Å². The van der Waals surface area contributed by atoms with Crippen LogP contribution in [0.4, 0.5) is 8.78 Å². The highest BCUT2D eigenvalue weighted by molar-refractivity contribution is 5.79. The fourth-order valence-electron chi connectivity index (χ4n) is 2.39. The second-order valence-corrected chi connectivity index (χ2v) is 5.25. The van der Waals surface area contributed by atoms with Crippen molar-refractivity contribution in [1.29, 1.82) is 0 Å². The number of rotatable bonds is 6.